The number of hydrogen-bond acceptors (Lipinski definition) is 6. The highest BCUT2D eigenvalue weighted by Crippen LogP contribution is 2.56. The summed E-state index contributed by atoms with van der Waals surface area (Å²) in [6.45, 7) is -1.05. The Kier molecular flexibility index (Phi) is 15.3. The van der Waals surface area contributed by atoms with Gasteiger partial charge in [0.1, 0.15) is 5.82 Å². The van der Waals surface area contributed by atoms with E-state index in [0.29, 0.717) is 16.3 Å². The van der Waals surface area contributed by atoms with Crippen LogP contribution < -0.4 is 57.3 Å². The number of rotatable bonds is 13. The van der Waals surface area contributed by atoms with Crippen molar-refractivity contribution in [2.75, 3.05) is 24.5 Å². The summed E-state index contributed by atoms with van der Waals surface area (Å²) in [5.41, 5.74) is 26.2. The van der Waals surface area contributed by atoms with Crippen LogP contribution in [0.2, 0.25) is 0 Å². The van der Waals surface area contributed by atoms with Crippen molar-refractivity contribution in [1.29, 1.82) is 0 Å². The minimum Gasteiger partial charge on any atom is -0.311 e. The average Bonchev–Trinajstić information content (AvgIpc) is 0.681. The van der Waals surface area contributed by atoms with Crippen LogP contribution in [0.3, 0.4) is 0 Å². The largest absolute Gasteiger partial charge is 0.311 e. The molecule has 0 aliphatic carbocycles. The van der Waals surface area contributed by atoms with E-state index in [1.165, 1.54) is 17.8 Å². The summed E-state index contributed by atoms with van der Waals surface area (Å²) in [4.78, 5) is 12.9. The first-order valence-corrected chi connectivity index (χ1v) is 36.8. The van der Waals surface area contributed by atoms with Crippen molar-refractivity contribution < 1.29 is 8.78 Å². The SMILES string of the molecule is Fc1ccccc1N1c2cc(N(c3ccccc3)c3c(-c4ccccc4)cccc3-c3ccccc3)cc3c2B(c2ccccc2N3c2c(-c3ccccc3)cccc2-c2ccccc2)c2cc3c(c(F)c21)Sc1cc(N(c2ccccc2)c2ccccc2)cc2c1B3c1ccccc1N2c1ccccc1. The van der Waals surface area contributed by atoms with Gasteiger partial charge in [0, 0.05) is 88.9 Å². The van der Waals surface area contributed by atoms with Crippen molar-refractivity contribution in [3.8, 4) is 44.5 Å². The van der Waals surface area contributed by atoms with Crippen molar-refractivity contribution in [2.45, 2.75) is 9.79 Å². The molecule has 0 amide bonds. The monoisotopic (exact) mass is 1380 g/mol. The Bertz CT molecular complexity index is 5910. The van der Waals surface area contributed by atoms with E-state index in [2.05, 4.69) is 365 Å². The lowest BCUT2D eigenvalue weighted by molar-refractivity contribution is 0.603. The number of fused-ring (bicyclic) bond motifs is 8. The van der Waals surface area contributed by atoms with Crippen molar-refractivity contribution in [3.63, 3.8) is 0 Å². The molecule has 106 heavy (non-hydrogen) atoms. The Morgan fingerprint density at radius 2 is 0.642 bits per heavy atom. The second kappa shape index (κ2) is 26.0. The first-order valence-electron chi connectivity index (χ1n) is 36.0. The molecule has 10 heteroatoms. The maximum Gasteiger partial charge on any atom is 0.252 e. The normalized spacial score (nSPS) is 12.7. The van der Waals surface area contributed by atoms with Crippen LogP contribution in [0.1, 0.15) is 0 Å². The van der Waals surface area contributed by atoms with Crippen LogP contribution in [0.15, 0.2) is 392 Å². The summed E-state index contributed by atoms with van der Waals surface area (Å²) in [5.74, 6) is -0.919. The Morgan fingerprint density at radius 1 is 0.264 bits per heavy atom. The van der Waals surface area contributed by atoms with Crippen LogP contribution >= 0.6 is 11.8 Å². The molecule has 0 bridgehead atoms. The molecule has 5 nitrogen and oxygen atoms in total. The zero-order valence-corrected chi connectivity index (χ0v) is 58.2. The topological polar surface area (TPSA) is 16.2 Å². The Hall–Kier alpha value is -13.1. The smallest absolute Gasteiger partial charge is 0.252 e. The van der Waals surface area contributed by atoms with E-state index in [9.17, 15) is 0 Å². The van der Waals surface area contributed by atoms with Crippen LogP contribution in [-0.4, -0.2) is 13.4 Å². The third-order valence-electron chi connectivity index (χ3n) is 21.3. The zero-order valence-electron chi connectivity index (χ0n) is 57.4. The summed E-state index contributed by atoms with van der Waals surface area (Å²) >= 11 is 1.47. The van der Waals surface area contributed by atoms with Crippen molar-refractivity contribution >= 4 is 143 Å². The van der Waals surface area contributed by atoms with E-state index in [0.717, 1.165) is 150 Å². The van der Waals surface area contributed by atoms with Crippen molar-refractivity contribution in [1.82, 2.24) is 0 Å². The Balaban J connectivity index is 0.918. The number of para-hydroxylation sites is 9. The Labute approximate surface area is 620 Å². The number of anilines is 15. The van der Waals surface area contributed by atoms with Gasteiger partial charge >= 0.3 is 0 Å². The van der Waals surface area contributed by atoms with Gasteiger partial charge in [-0.05, 0) is 147 Å². The van der Waals surface area contributed by atoms with Gasteiger partial charge in [0.25, 0.3) is 6.71 Å². The number of hydrogen-bond donors (Lipinski definition) is 0. The molecule has 4 heterocycles. The zero-order chi connectivity index (χ0) is 70.3. The molecule has 16 aromatic carbocycles. The van der Waals surface area contributed by atoms with Crippen molar-refractivity contribution in [2.24, 2.45) is 0 Å². The van der Waals surface area contributed by atoms with Gasteiger partial charge in [0.2, 0.25) is 6.71 Å². The fourth-order valence-electron chi connectivity index (χ4n) is 17.0. The molecular weight excluding hydrogens is 1310 g/mol. The van der Waals surface area contributed by atoms with E-state index in [1.807, 2.05) is 29.2 Å². The van der Waals surface area contributed by atoms with Gasteiger partial charge in [0.15, 0.2) is 5.82 Å². The van der Waals surface area contributed by atoms with E-state index in [4.69, 9.17) is 0 Å². The predicted octanol–water partition coefficient (Wildman–Crippen LogP) is 22.4. The Morgan fingerprint density at radius 3 is 1.14 bits per heavy atom. The molecule has 4 aliphatic heterocycles. The lowest BCUT2D eigenvalue weighted by atomic mass is 9.31. The lowest BCUT2D eigenvalue weighted by Crippen LogP contribution is -2.65. The van der Waals surface area contributed by atoms with Crippen LogP contribution in [-0.2, 0) is 0 Å². The van der Waals surface area contributed by atoms with Crippen LogP contribution in [0.25, 0.3) is 44.5 Å². The third-order valence-corrected chi connectivity index (χ3v) is 22.5. The van der Waals surface area contributed by atoms with Crippen LogP contribution in [0.5, 0.6) is 0 Å². The van der Waals surface area contributed by atoms with Gasteiger partial charge in [-0.15, -0.1) is 0 Å². The van der Waals surface area contributed by atoms with Gasteiger partial charge < -0.3 is 24.5 Å². The summed E-state index contributed by atoms with van der Waals surface area (Å²) < 4.78 is 39.3. The highest BCUT2D eigenvalue weighted by atomic mass is 32.2. The lowest BCUT2D eigenvalue weighted by Gasteiger charge is -2.47. The molecule has 0 saturated carbocycles. The summed E-state index contributed by atoms with van der Waals surface area (Å²) in [7, 11) is 0. The number of halogens is 2. The van der Waals surface area contributed by atoms with Gasteiger partial charge in [-0.25, -0.2) is 8.78 Å². The summed E-state index contributed by atoms with van der Waals surface area (Å²) in [6, 6.07) is 134. The molecule has 0 spiro atoms. The van der Waals surface area contributed by atoms with Gasteiger partial charge in [-0.3, -0.25) is 0 Å². The van der Waals surface area contributed by atoms with Crippen LogP contribution in [0, 0.1) is 11.6 Å². The maximum absolute atomic E-state index is 20.9. The van der Waals surface area contributed by atoms with Crippen LogP contribution in [0.4, 0.5) is 94.1 Å². The molecule has 498 valence electrons. The highest BCUT2D eigenvalue weighted by Gasteiger charge is 2.50. The number of benzene rings is 16. The summed E-state index contributed by atoms with van der Waals surface area (Å²) in [6.07, 6.45) is 0. The molecule has 4 aliphatic rings. The molecule has 0 unspecified atom stereocenters. The van der Waals surface area contributed by atoms with Gasteiger partial charge in [-0.2, -0.15) is 0 Å². The average molecular weight is 1380 g/mol. The molecule has 0 atom stereocenters. The third kappa shape index (κ3) is 10.2. The second-order valence-corrected chi connectivity index (χ2v) is 28.3. The standard InChI is InChI=1S/C96H63B2F2N5S/c99-82-55-27-30-58-85(82)105-87-60-72(102(70-45-21-7-22-46-70)93-74(64-33-9-1-10-34-64)49-31-50-75(93)65-35-11-2-12-36-65)59-86-90(87)97(79-54-26-29-57-84(79)104(86)94-76(66-37-13-3-14-38-66)51-32-52-77(94)67-39-15-4-16-40-67)80-63-81-96(92(100)95(80)105)106-89-62-73(101(68-41-17-5-18-42-68)69-43-19-6-20-44-69)61-88-91(89)98(81)78-53-25-28-56-83(78)103(88)71-47-23-8-24-48-71/h1-63H. The molecule has 0 aromatic heterocycles. The first kappa shape index (κ1) is 62.6. The fraction of sp³-hybridized carbons (Fsp3) is 0. The maximum atomic E-state index is 20.9. The first-order chi connectivity index (χ1) is 52.5. The second-order valence-electron chi connectivity index (χ2n) is 27.2. The molecular formula is C96H63B2F2N5S. The fourth-order valence-corrected chi connectivity index (χ4v) is 18.2. The summed E-state index contributed by atoms with van der Waals surface area (Å²) in [5, 5.41) is 0. The molecule has 20 rings (SSSR count). The van der Waals surface area contributed by atoms with Gasteiger partial charge in [0.05, 0.1) is 28.4 Å². The minimum atomic E-state index is -0.603. The number of nitrogens with zero attached hydrogens (tertiary/aromatic N) is 5. The van der Waals surface area contributed by atoms with E-state index >= 15 is 8.78 Å². The van der Waals surface area contributed by atoms with Gasteiger partial charge in [-0.1, -0.05) is 302 Å². The van der Waals surface area contributed by atoms with E-state index < -0.39 is 25.1 Å². The molecule has 16 aromatic rings. The van der Waals surface area contributed by atoms with Crippen molar-refractivity contribution in [3.05, 3.63) is 394 Å². The quantitative estimate of drug-likeness (QED) is 0.106. The molecule has 0 N–H and O–H groups in total. The molecule has 0 radical (unpaired) electrons. The van der Waals surface area contributed by atoms with E-state index in [-0.39, 0.29) is 5.69 Å². The predicted molar refractivity (Wildman–Crippen MR) is 441 cm³/mol. The van der Waals surface area contributed by atoms with E-state index in [1.54, 1.807) is 6.07 Å². The highest BCUT2D eigenvalue weighted by molar-refractivity contribution is 8.00. The minimum absolute atomic E-state index is 0.218. The molecule has 0 fully saturated rings. The molecule has 0 saturated heterocycles.